The van der Waals surface area contributed by atoms with Gasteiger partial charge in [-0.05, 0) is 54.4 Å². The molecule has 144 valence electrons. The number of methoxy groups -OCH3 is 2. The lowest BCUT2D eigenvalue weighted by Gasteiger charge is -2.10. The van der Waals surface area contributed by atoms with Gasteiger partial charge in [-0.3, -0.25) is 4.79 Å². The van der Waals surface area contributed by atoms with Gasteiger partial charge in [0.05, 0.1) is 14.2 Å². The van der Waals surface area contributed by atoms with Crippen molar-refractivity contribution in [3.05, 3.63) is 78.0 Å². The van der Waals surface area contributed by atoms with E-state index in [1.54, 1.807) is 56.8 Å². The number of amides is 1. The first-order valence-corrected chi connectivity index (χ1v) is 8.97. The lowest BCUT2D eigenvalue weighted by molar-refractivity contribution is 0.102. The molecule has 0 radical (unpaired) electrons. The molecule has 0 fully saturated rings. The van der Waals surface area contributed by atoms with Gasteiger partial charge in [0.1, 0.15) is 17.3 Å². The Balaban J connectivity index is 1.59. The molecule has 0 unspecified atom stereocenters. The standard InChI is InChI=1S/C22H23N3O3/c1-27-19-9-7-18(8-10-19)25-22(26)17-12-14-24-21(15-17)23-13-11-16-5-3-4-6-20(16)28-2/h3-10,12,14-15H,11,13H2,1-2H3,(H,23,24)(H,25,26). The van der Waals surface area contributed by atoms with E-state index in [0.717, 1.165) is 23.5 Å². The number of para-hydroxylation sites is 1. The van der Waals surface area contributed by atoms with E-state index in [4.69, 9.17) is 9.47 Å². The lowest BCUT2D eigenvalue weighted by Crippen LogP contribution is -2.13. The summed E-state index contributed by atoms with van der Waals surface area (Å²) in [7, 11) is 3.27. The Morgan fingerprint density at radius 3 is 2.54 bits per heavy atom. The number of ether oxygens (including phenoxy) is 2. The fourth-order valence-electron chi connectivity index (χ4n) is 2.78. The number of benzene rings is 2. The van der Waals surface area contributed by atoms with E-state index in [-0.39, 0.29) is 5.91 Å². The summed E-state index contributed by atoms with van der Waals surface area (Å²) in [5.41, 5.74) is 2.35. The Morgan fingerprint density at radius 1 is 1.00 bits per heavy atom. The molecule has 6 nitrogen and oxygen atoms in total. The molecule has 0 aliphatic rings. The van der Waals surface area contributed by atoms with Gasteiger partial charge in [-0.2, -0.15) is 0 Å². The predicted molar refractivity (Wildman–Crippen MR) is 110 cm³/mol. The molecule has 0 aliphatic heterocycles. The van der Waals surface area contributed by atoms with Gasteiger partial charge in [0.25, 0.3) is 5.91 Å². The van der Waals surface area contributed by atoms with Gasteiger partial charge in [0, 0.05) is 24.0 Å². The number of aromatic nitrogens is 1. The predicted octanol–water partition coefficient (Wildman–Crippen LogP) is 4.01. The second-order valence-electron chi connectivity index (χ2n) is 6.10. The number of pyridine rings is 1. The minimum Gasteiger partial charge on any atom is -0.497 e. The van der Waals surface area contributed by atoms with Crippen LogP contribution in [-0.4, -0.2) is 31.7 Å². The third kappa shape index (κ3) is 5.01. The van der Waals surface area contributed by atoms with Gasteiger partial charge in [-0.15, -0.1) is 0 Å². The molecule has 3 rings (SSSR count). The van der Waals surface area contributed by atoms with Crippen LogP contribution in [0.1, 0.15) is 15.9 Å². The fraction of sp³-hybridized carbons (Fsp3) is 0.182. The van der Waals surface area contributed by atoms with Gasteiger partial charge < -0.3 is 20.1 Å². The van der Waals surface area contributed by atoms with Gasteiger partial charge in [-0.1, -0.05) is 18.2 Å². The molecule has 3 aromatic rings. The Labute approximate surface area is 164 Å². The zero-order valence-corrected chi connectivity index (χ0v) is 15.9. The fourth-order valence-corrected chi connectivity index (χ4v) is 2.78. The van der Waals surface area contributed by atoms with Crippen LogP contribution >= 0.6 is 0 Å². The third-order valence-corrected chi connectivity index (χ3v) is 4.26. The highest BCUT2D eigenvalue weighted by Gasteiger charge is 2.08. The summed E-state index contributed by atoms with van der Waals surface area (Å²) in [6, 6.07) is 18.5. The van der Waals surface area contributed by atoms with E-state index < -0.39 is 0 Å². The van der Waals surface area contributed by atoms with E-state index >= 15 is 0 Å². The molecule has 1 aromatic heterocycles. The number of rotatable bonds is 8. The summed E-state index contributed by atoms with van der Waals surface area (Å²) < 4.78 is 10.5. The topological polar surface area (TPSA) is 72.5 Å². The maximum Gasteiger partial charge on any atom is 0.255 e. The molecule has 28 heavy (non-hydrogen) atoms. The Hall–Kier alpha value is -3.54. The van der Waals surface area contributed by atoms with Crippen LogP contribution in [0.4, 0.5) is 11.5 Å². The number of hydrogen-bond acceptors (Lipinski definition) is 5. The molecule has 1 amide bonds. The van der Waals surface area contributed by atoms with Crippen molar-refractivity contribution in [1.29, 1.82) is 0 Å². The van der Waals surface area contributed by atoms with E-state index in [1.165, 1.54) is 0 Å². The first kappa shape index (κ1) is 19.2. The summed E-state index contributed by atoms with van der Waals surface area (Å²) in [6.07, 6.45) is 2.41. The SMILES string of the molecule is COc1ccc(NC(=O)c2ccnc(NCCc3ccccc3OC)c2)cc1. The largest absolute Gasteiger partial charge is 0.497 e. The average Bonchev–Trinajstić information content (AvgIpc) is 2.75. The van der Waals surface area contributed by atoms with Gasteiger partial charge in [-0.25, -0.2) is 4.98 Å². The van der Waals surface area contributed by atoms with Crippen molar-refractivity contribution in [2.75, 3.05) is 31.4 Å². The van der Waals surface area contributed by atoms with Crippen LogP contribution in [0.15, 0.2) is 66.9 Å². The normalized spacial score (nSPS) is 10.2. The molecule has 0 spiro atoms. The van der Waals surface area contributed by atoms with E-state index in [2.05, 4.69) is 15.6 Å². The molecule has 0 aliphatic carbocycles. The Bertz CT molecular complexity index is 926. The highest BCUT2D eigenvalue weighted by atomic mass is 16.5. The second-order valence-corrected chi connectivity index (χ2v) is 6.10. The van der Waals surface area contributed by atoms with Crippen LogP contribution in [0.5, 0.6) is 11.5 Å². The zero-order valence-electron chi connectivity index (χ0n) is 15.9. The van der Waals surface area contributed by atoms with Crippen LogP contribution in [0, 0.1) is 0 Å². The van der Waals surface area contributed by atoms with Crippen LogP contribution < -0.4 is 20.1 Å². The highest BCUT2D eigenvalue weighted by molar-refractivity contribution is 6.04. The van der Waals surface area contributed by atoms with Gasteiger partial charge in [0.2, 0.25) is 0 Å². The molecule has 0 atom stereocenters. The molecule has 0 saturated carbocycles. The molecular weight excluding hydrogens is 354 g/mol. The number of carbonyl (C=O) groups excluding carboxylic acids is 1. The maximum atomic E-state index is 12.5. The zero-order chi connectivity index (χ0) is 19.8. The van der Waals surface area contributed by atoms with Crippen molar-refractivity contribution in [2.45, 2.75) is 6.42 Å². The van der Waals surface area contributed by atoms with Crippen LogP contribution in [0.2, 0.25) is 0 Å². The summed E-state index contributed by atoms with van der Waals surface area (Å²) in [6.45, 7) is 0.678. The highest BCUT2D eigenvalue weighted by Crippen LogP contribution is 2.19. The van der Waals surface area contributed by atoms with Crippen molar-refractivity contribution in [2.24, 2.45) is 0 Å². The number of anilines is 2. The molecule has 6 heteroatoms. The Kier molecular flexibility index (Phi) is 6.46. The first-order valence-electron chi connectivity index (χ1n) is 8.97. The third-order valence-electron chi connectivity index (χ3n) is 4.26. The molecule has 0 saturated heterocycles. The van der Waals surface area contributed by atoms with Crippen molar-refractivity contribution < 1.29 is 14.3 Å². The smallest absolute Gasteiger partial charge is 0.255 e. The van der Waals surface area contributed by atoms with Gasteiger partial charge in [0.15, 0.2) is 0 Å². The monoisotopic (exact) mass is 377 g/mol. The summed E-state index contributed by atoms with van der Waals surface area (Å²) in [5.74, 6) is 2.06. The van der Waals surface area contributed by atoms with Crippen LogP contribution in [0.3, 0.4) is 0 Å². The van der Waals surface area contributed by atoms with Crippen molar-refractivity contribution >= 4 is 17.4 Å². The Morgan fingerprint density at radius 2 is 1.79 bits per heavy atom. The number of nitrogens with one attached hydrogen (secondary N) is 2. The quantitative estimate of drug-likeness (QED) is 0.621. The van der Waals surface area contributed by atoms with Crippen molar-refractivity contribution in [3.63, 3.8) is 0 Å². The number of nitrogens with zero attached hydrogens (tertiary/aromatic N) is 1. The van der Waals surface area contributed by atoms with E-state index in [0.29, 0.717) is 23.6 Å². The van der Waals surface area contributed by atoms with Crippen molar-refractivity contribution in [3.8, 4) is 11.5 Å². The minimum atomic E-state index is -0.194. The molecule has 1 heterocycles. The minimum absolute atomic E-state index is 0.194. The maximum absolute atomic E-state index is 12.5. The lowest BCUT2D eigenvalue weighted by atomic mass is 10.1. The summed E-state index contributed by atoms with van der Waals surface area (Å²) in [5, 5.41) is 6.12. The summed E-state index contributed by atoms with van der Waals surface area (Å²) >= 11 is 0. The second kappa shape index (κ2) is 9.41. The van der Waals surface area contributed by atoms with E-state index in [9.17, 15) is 4.79 Å². The van der Waals surface area contributed by atoms with Crippen molar-refractivity contribution in [1.82, 2.24) is 4.98 Å². The van der Waals surface area contributed by atoms with Crippen LogP contribution in [0.25, 0.3) is 0 Å². The first-order chi connectivity index (χ1) is 13.7. The number of carbonyl (C=O) groups is 1. The summed E-state index contributed by atoms with van der Waals surface area (Å²) in [4.78, 5) is 16.8. The molecular formula is C22H23N3O3. The van der Waals surface area contributed by atoms with Gasteiger partial charge >= 0.3 is 0 Å². The molecule has 2 N–H and O–H groups in total. The van der Waals surface area contributed by atoms with Crippen LogP contribution in [-0.2, 0) is 6.42 Å². The molecule has 2 aromatic carbocycles. The average molecular weight is 377 g/mol. The number of hydrogen-bond donors (Lipinski definition) is 2. The molecule has 0 bridgehead atoms. The van der Waals surface area contributed by atoms with E-state index in [1.807, 2.05) is 24.3 Å².